The topological polar surface area (TPSA) is 114 Å². The third-order valence-corrected chi connectivity index (χ3v) is 7.09. The van der Waals surface area contributed by atoms with Gasteiger partial charge in [-0.25, -0.2) is 17.9 Å². The van der Waals surface area contributed by atoms with Crippen LogP contribution in [0.5, 0.6) is 5.75 Å². The normalized spacial score (nSPS) is 13.9. The summed E-state index contributed by atoms with van der Waals surface area (Å²) in [5, 5.41) is 5.96. The molecule has 0 aromatic heterocycles. The Labute approximate surface area is 211 Å². The van der Waals surface area contributed by atoms with Gasteiger partial charge < -0.3 is 15.4 Å². The molecule has 2 aromatic rings. The molecule has 11 heteroatoms. The Bertz CT molecular complexity index is 1090. The Morgan fingerprint density at radius 3 is 2.38 bits per heavy atom. The van der Waals surface area contributed by atoms with Crippen molar-refractivity contribution < 1.29 is 22.7 Å². The summed E-state index contributed by atoms with van der Waals surface area (Å²) in [5.41, 5.74) is 1.17. The highest BCUT2D eigenvalue weighted by Gasteiger charge is 2.21. The predicted octanol–water partition coefficient (Wildman–Crippen LogP) is 4.06. The molecule has 0 bridgehead atoms. The quantitative estimate of drug-likeness (QED) is 0.477. The van der Waals surface area contributed by atoms with Crippen molar-refractivity contribution in [3.8, 4) is 5.75 Å². The lowest BCUT2D eigenvalue weighted by atomic mass is 9.96. The molecule has 1 aliphatic rings. The Hall–Kier alpha value is -2.49. The molecule has 0 spiro atoms. The van der Waals surface area contributed by atoms with Crippen molar-refractivity contribution in [3.63, 3.8) is 0 Å². The Balaban J connectivity index is 0.00000408. The zero-order valence-electron chi connectivity index (χ0n) is 18.8. The molecule has 0 atom stereocenters. The number of nitrogens with one attached hydrogen (secondary N) is 3. The lowest BCUT2D eigenvalue weighted by molar-refractivity contribution is 0.0951. The van der Waals surface area contributed by atoms with Crippen molar-refractivity contribution in [1.29, 1.82) is 0 Å². The Morgan fingerprint density at radius 2 is 1.74 bits per heavy atom. The number of methoxy groups -OCH3 is 1. The van der Waals surface area contributed by atoms with E-state index in [0.29, 0.717) is 29.3 Å². The minimum absolute atomic E-state index is 0. The SMILES string of the molecule is COc1ccc(Cl)cc1C(=O)NCCc1ccc(S(=O)(=O)NC(=O)NC2CCCCC2)cc1.Cl. The lowest BCUT2D eigenvalue weighted by Gasteiger charge is -2.22. The van der Waals surface area contributed by atoms with E-state index in [9.17, 15) is 18.0 Å². The van der Waals surface area contributed by atoms with Gasteiger partial charge in [0.25, 0.3) is 15.9 Å². The number of benzene rings is 2. The van der Waals surface area contributed by atoms with Crippen molar-refractivity contribution in [1.82, 2.24) is 15.4 Å². The molecule has 2 aromatic carbocycles. The van der Waals surface area contributed by atoms with Gasteiger partial charge in [-0.05, 0) is 55.2 Å². The van der Waals surface area contributed by atoms with Gasteiger partial charge in [0, 0.05) is 17.6 Å². The highest BCUT2D eigenvalue weighted by molar-refractivity contribution is 7.90. The van der Waals surface area contributed by atoms with E-state index in [0.717, 1.165) is 37.7 Å². The second-order valence-electron chi connectivity index (χ2n) is 7.91. The number of sulfonamides is 1. The number of hydrogen-bond acceptors (Lipinski definition) is 5. The van der Waals surface area contributed by atoms with Crippen LogP contribution in [-0.2, 0) is 16.4 Å². The maximum atomic E-state index is 12.5. The molecule has 0 aliphatic heterocycles. The summed E-state index contributed by atoms with van der Waals surface area (Å²) in [7, 11) is -2.49. The number of amides is 3. The molecule has 1 aliphatic carbocycles. The molecule has 1 fully saturated rings. The van der Waals surface area contributed by atoms with Gasteiger partial charge in [0.2, 0.25) is 0 Å². The summed E-state index contributed by atoms with van der Waals surface area (Å²) >= 11 is 5.96. The number of ether oxygens (including phenoxy) is 1. The summed E-state index contributed by atoms with van der Waals surface area (Å²) in [4.78, 5) is 24.5. The van der Waals surface area contributed by atoms with Crippen molar-refractivity contribution >= 4 is 46.0 Å². The second-order valence-corrected chi connectivity index (χ2v) is 10.0. The number of carbonyl (C=O) groups is 2. The van der Waals surface area contributed by atoms with Gasteiger partial charge in [-0.1, -0.05) is 43.0 Å². The maximum Gasteiger partial charge on any atom is 0.328 e. The smallest absolute Gasteiger partial charge is 0.328 e. The van der Waals surface area contributed by atoms with Crippen molar-refractivity contribution in [2.75, 3.05) is 13.7 Å². The fourth-order valence-corrected chi connectivity index (χ4v) is 4.84. The van der Waals surface area contributed by atoms with Crippen molar-refractivity contribution in [2.24, 2.45) is 0 Å². The number of carbonyl (C=O) groups excluding carboxylic acids is 2. The average Bonchev–Trinajstić information content (AvgIpc) is 2.79. The average molecular weight is 530 g/mol. The number of rotatable bonds is 8. The van der Waals surface area contributed by atoms with Crippen molar-refractivity contribution in [2.45, 2.75) is 49.5 Å². The zero-order valence-corrected chi connectivity index (χ0v) is 21.2. The molecule has 0 radical (unpaired) electrons. The number of halogens is 2. The molecule has 34 heavy (non-hydrogen) atoms. The van der Waals surface area contributed by atoms with Crippen LogP contribution < -0.4 is 20.1 Å². The molecular formula is C23H29Cl2N3O5S. The van der Waals surface area contributed by atoms with Gasteiger partial charge in [0.05, 0.1) is 17.6 Å². The van der Waals surface area contributed by atoms with E-state index in [1.54, 1.807) is 24.3 Å². The molecule has 186 valence electrons. The van der Waals surface area contributed by atoms with Crippen LogP contribution >= 0.6 is 24.0 Å². The van der Waals surface area contributed by atoms with Gasteiger partial charge in [-0.3, -0.25) is 4.79 Å². The van der Waals surface area contributed by atoms with Gasteiger partial charge in [0.1, 0.15) is 5.75 Å². The minimum atomic E-state index is -3.97. The first-order valence-electron chi connectivity index (χ1n) is 10.8. The Morgan fingerprint density at radius 1 is 1.06 bits per heavy atom. The zero-order chi connectivity index (χ0) is 23.8. The van der Waals surface area contributed by atoms with Crippen LogP contribution in [0, 0.1) is 0 Å². The summed E-state index contributed by atoms with van der Waals surface area (Å²) in [6.45, 7) is 0.336. The van der Waals surface area contributed by atoms with Crippen LogP contribution in [-0.4, -0.2) is 40.1 Å². The van der Waals surface area contributed by atoms with Crippen LogP contribution in [0.3, 0.4) is 0 Å². The predicted molar refractivity (Wildman–Crippen MR) is 133 cm³/mol. The molecule has 3 rings (SSSR count). The monoisotopic (exact) mass is 529 g/mol. The summed E-state index contributed by atoms with van der Waals surface area (Å²) < 4.78 is 32.2. The summed E-state index contributed by atoms with van der Waals surface area (Å²) in [6, 6.07) is 10.3. The fraction of sp³-hybridized carbons (Fsp3) is 0.391. The highest BCUT2D eigenvalue weighted by atomic mass is 35.5. The second kappa shape index (κ2) is 12.8. The van der Waals surface area contributed by atoms with E-state index in [-0.39, 0.29) is 29.3 Å². The molecule has 3 amide bonds. The lowest BCUT2D eigenvalue weighted by Crippen LogP contribution is -2.45. The first-order valence-corrected chi connectivity index (χ1v) is 12.7. The largest absolute Gasteiger partial charge is 0.496 e. The first kappa shape index (κ1) is 27.8. The van der Waals surface area contributed by atoms with Crippen LogP contribution in [0.1, 0.15) is 48.0 Å². The molecule has 0 heterocycles. The fourth-order valence-electron chi connectivity index (χ4n) is 3.75. The maximum absolute atomic E-state index is 12.5. The van der Waals surface area contributed by atoms with E-state index in [1.165, 1.54) is 25.3 Å². The molecule has 1 saturated carbocycles. The number of hydrogen-bond donors (Lipinski definition) is 3. The molecule has 0 saturated heterocycles. The Kier molecular flexibility index (Phi) is 10.5. The van der Waals surface area contributed by atoms with E-state index in [2.05, 4.69) is 15.4 Å². The molecule has 3 N–H and O–H groups in total. The van der Waals surface area contributed by atoms with Gasteiger partial charge in [-0.15, -0.1) is 12.4 Å². The van der Waals surface area contributed by atoms with Gasteiger partial charge >= 0.3 is 6.03 Å². The standard InChI is InChI=1S/C23H28ClN3O5S.ClH/c1-32-21-12-9-17(24)15-20(21)22(28)25-14-13-16-7-10-19(11-8-16)33(30,31)27-23(29)26-18-5-3-2-4-6-18;/h7-12,15,18H,2-6,13-14H2,1H3,(H,25,28)(H2,26,27,29);1H. The van der Waals surface area contributed by atoms with Crippen LogP contribution in [0.2, 0.25) is 5.02 Å². The van der Waals surface area contributed by atoms with E-state index >= 15 is 0 Å². The molecule has 0 unspecified atom stereocenters. The van der Waals surface area contributed by atoms with Crippen molar-refractivity contribution in [3.05, 3.63) is 58.6 Å². The van der Waals surface area contributed by atoms with E-state index in [4.69, 9.17) is 16.3 Å². The van der Waals surface area contributed by atoms with Gasteiger partial charge in [0.15, 0.2) is 0 Å². The molecular weight excluding hydrogens is 501 g/mol. The highest BCUT2D eigenvalue weighted by Crippen LogP contribution is 2.22. The van der Waals surface area contributed by atoms with Crippen LogP contribution in [0.15, 0.2) is 47.4 Å². The van der Waals surface area contributed by atoms with Crippen LogP contribution in [0.4, 0.5) is 4.79 Å². The van der Waals surface area contributed by atoms with Gasteiger partial charge in [-0.2, -0.15) is 0 Å². The first-order chi connectivity index (χ1) is 15.8. The van der Waals surface area contributed by atoms with E-state index in [1.807, 2.05) is 0 Å². The summed E-state index contributed by atoms with van der Waals surface area (Å²) in [5.74, 6) is 0.105. The minimum Gasteiger partial charge on any atom is -0.496 e. The van der Waals surface area contributed by atoms with E-state index < -0.39 is 16.1 Å². The third kappa shape index (κ3) is 7.78. The summed E-state index contributed by atoms with van der Waals surface area (Å²) in [6.07, 6.45) is 5.43. The third-order valence-electron chi connectivity index (χ3n) is 5.51. The van der Waals surface area contributed by atoms with Crippen LogP contribution in [0.25, 0.3) is 0 Å². The number of urea groups is 1. The molecule has 8 nitrogen and oxygen atoms in total.